The normalized spacial score (nSPS) is 22.2. The van der Waals surface area contributed by atoms with Gasteiger partial charge in [0.2, 0.25) is 0 Å². The number of hydrogen-bond donors (Lipinski definition) is 1. The summed E-state index contributed by atoms with van der Waals surface area (Å²) in [6.07, 6.45) is 3.65. The first-order valence-electron chi connectivity index (χ1n) is 8.32. The highest BCUT2D eigenvalue weighted by atomic mass is 35.5. The summed E-state index contributed by atoms with van der Waals surface area (Å²) in [6.45, 7) is 1.42. The maximum Gasteiger partial charge on any atom is 0.322 e. The van der Waals surface area contributed by atoms with E-state index in [2.05, 4.69) is 15.2 Å². The number of halogens is 2. The topological polar surface area (TPSA) is 48.5 Å². The number of benzene rings is 1. The van der Waals surface area contributed by atoms with Crippen LogP contribution in [0.3, 0.4) is 0 Å². The van der Waals surface area contributed by atoms with Crippen molar-refractivity contribution in [1.82, 2.24) is 9.88 Å². The number of nitrogens with zero attached hydrogens (tertiary/aromatic N) is 3. The first kappa shape index (κ1) is 16.1. The van der Waals surface area contributed by atoms with Gasteiger partial charge in [0.05, 0.1) is 17.1 Å². The van der Waals surface area contributed by atoms with E-state index in [-0.39, 0.29) is 23.9 Å². The number of carbonyl (C=O) groups excluding carboxylic acids is 1. The minimum absolute atomic E-state index is 0.122. The molecule has 3 heterocycles. The van der Waals surface area contributed by atoms with E-state index in [1.807, 2.05) is 17.0 Å². The Hall–Kier alpha value is -2.34. The van der Waals surface area contributed by atoms with E-state index < -0.39 is 0 Å². The number of urea groups is 1. The molecule has 25 heavy (non-hydrogen) atoms. The minimum Gasteiger partial charge on any atom is -0.351 e. The number of nitrogens with one attached hydrogen (secondary N) is 1. The lowest BCUT2D eigenvalue weighted by Gasteiger charge is -2.41. The third kappa shape index (κ3) is 3.14. The fourth-order valence-electron chi connectivity index (χ4n) is 3.74. The van der Waals surface area contributed by atoms with E-state index in [0.29, 0.717) is 23.8 Å². The van der Waals surface area contributed by atoms with Crippen molar-refractivity contribution in [3.63, 3.8) is 0 Å². The van der Waals surface area contributed by atoms with Crippen LogP contribution in [-0.2, 0) is 0 Å². The van der Waals surface area contributed by atoms with Crippen LogP contribution in [0, 0.1) is 5.82 Å². The first-order chi connectivity index (χ1) is 12.1. The molecule has 2 saturated heterocycles. The van der Waals surface area contributed by atoms with E-state index in [1.54, 1.807) is 18.3 Å². The van der Waals surface area contributed by atoms with E-state index in [0.717, 1.165) is 18.7 Å². The third-order valence-electron chi connectivity index (χ3n) is 4.85. The number of piperazine rings is 1. The Morgan fingerprint density at radius 1 is 1.16 bits per heavy atom. The van der Waals surface area contributed by atoms with Gasteiger partial charge in [-0.2, -0.15) is 0 Å². The van der Waals surface area contributed by atoms with Crippen molar-refractivity contribution in [2.75, 3.05) is 23.3 Å². The van der Waals surface area contributed by atoms with Gasteiger partial charge < -0.3 is 15.1 Å². The Balaban J connectivity index is 1.48. The van der Waals surface area contributed by atoms with Crippen molar-refractivity contribution < 1.29 is 9.18 Å². The standard InChI is InChI=1S/C18H18ClFN4O/c19-16-2-1-9-21-17(16)23-10-14-7-8-15(11-23)24(14)18(25)22-13-5-3-12(20)4-6-13/h1-6,9,14-15H,7-8,10-11H2,(H,22,25). The summed E-state index contributed by atoms with van der Waals surface area (Å²) in [7, 11) is 0. The monoisotopic (exact) mass is 360 g/mol. The highest BCUT2D eigenvalue weighted by Gasteiger charge is 2.43. The number of fused-ring (bicyclic) bond motifs is 2. The molecule has 1 aromatic carbocycles. The summed E-state index contributed by atoms with van der Waals surface area (Å²) in [6, 6.07) is 9.57. The van der Waals surface area contributed by atoms with Crippen molar-refractivity contribution in [1.29, 1.82) is 0 Å². The molecule has 0 saturated carbocycles. The molecule has 1 N–H and O–H groups in total. The molecular weight excluding hydrogens is 343 g/mol. The lowest BCUT2D eigenvalue weighted by molar-refractivity contribution is 0.175. The molecule has 2 aromatic rings. The van der Waals surface area contributed by atoms with Crippen molar-refractivity contribution >= 4 is 29.1 Å². The first-order valence-corrected chi connectivity index (χ1v) is 8.70. The van der Waals surface area contributed by atoms with Crippen molar-refractivity contribution in [2.24, 2.45) is 0 Å². The fourth-order valence-corrected chi connectivity index (χ4v) is 3.98. The van der Waals surface area contributed by atoms with Crippen LogP contribution in [-0.4, -0.2) is 41.1 Å². The summed E-state index contributed by atoms with van der Waals surface area (Å²) < 4.78 is 13.0. The molecule has 1 aromatic heterocycles. The van der Waals surface area contributed by atoms with Crippen molar-refractivity contribution in [3.8, 4) is 0 Å². The number of carbonyl (C=O) groups is 1. The molecule has 7 heteroatoms. The van der Waals surface area contributed by atoms with Gasteiger partial charge in [-0.3, -0.25) is 0 Å². The Bertz CT molecular complexity index is 771. The highest BCUT2D eigenvalue weighted by molar-refractivity contribution is 6.32. The summed E-state index contributed by atoms with van der Waals surface area (Å²) in [4.78, 5) is 21.1. The van der Waals surface area contributed by atoms with Gasteiger partial charge in [0.25, 0.3) is 0 Å². The molecule has 0 radical (unpaired) electrons. The van der Waals surface area contributed by atoms with E-state index in [1.165, 1.54) is 12.1 Å². The SMILES string of the molecule is O=C(Nc1ccc(F)cc1)N1C2CCC1CN(c1ncccc1Cl)C2. The largest absolute Gasteiger partial charge is 0.351 e. The Morgan fingerprint density at radius 2 is 1.84 bits per heavy atom. The van der Waals surface area contributed by atoms with Gasteiger partial charge in [-0.1, -0.05) is 11.6 Å². The number of aromatic nitrogens is 1. The maximum atomic E-state index is 13.0. The lowest BCUT2D eigenvalue weighted by Crippen LogP contribution is -2.57. The van der Waals surface area contributed by atoms with Gasteiger partial charge in [-0.05, 0) is 49.2 Å². The van der Waals surface area contributed by atoms with Crippen LogP contribution >= 0.6 is 11.6 Å². The number of anilines is 2. The molecule has 0 spiro atoms. The Kier molecular flexibility index (Phi) is 4.21. The molecule has 2 bridgehead atoms. The number of rotatable bonds is 2. The molecular formula is C18H18ClFN4O. The lowest BCUT2D eigenvalue weighted by atomic mass is 10.2. The van der Waals surface area contributed by atoms with Crippen LogP contribution < -0.4 is 10.2 Å². The zero-order valence-corrected chi connectivity index (χ0v) is 14.3. The van der Waals surface area contributed by atoms with Gasteiger partial charge in [0.15, 0.2) is 0 Å². The Morgan fingerprint density at radius 3 is 2.48 bits per heavy atom. The van der Waals surface area contributed by atoms with Gasteiger partial charge >= 0.3 is 6.03 Å². The number of hydrogen-bond acceptors (Lipinski definition) is 3. The second-order valence-corrected chi connectivity index (χ2v) is 6.85. The zero-order valence-electron chi connectivity index (χ0n) is 13.5. The van der Waals surface area contributed by atoms with E-state index in [4.69, 9.17) is 11.6 Å². The number of amides is 2. The van der Waals surface area contributed by atoms with Crippen LogP contribution in [0.2, 0.25) is 5.02 Å². The van der Waals surface area contributed by atoms with Gasteiger partial charge in [-0.25, -0.2) is 14.2 Å². The zero-order chi connectivity index (χ0) is 17.4. The fraction of sp³-hybridized carbons (Fsp3) is 0.333. The average molecular weight is 361 g/mol. The van der Waals surface area contributed by atoms with E-state index in [9.17, 15) is 9.18 Å². The van der Waals surface area contributed by atoms with Crippen molar-refractivity contribution in [2.45, 2.75) is 24.9 Å². The van der Waals surface area contributed by atoms with Crippen LogP contribution in [0.15, 0.2) is 42.6 Å². The third-order valence-corrected chi connectivity index (χ3v) is 5.15. The van der Waals surface area contributed by atoms with Crippen molar-refractivity contribution in [3.05, 3.63) is 53.4 Å². The second-order valence-electron chi connectivity index (χ2n) is 6.44. The maximum absolute atomic E-state index is 13.0. The molecule has 2 amide bonds. The van der Waals surface area contributed by atoms with Gasteiger partial charge in [0, 0.05) is 25.0 Å². The molecule has 2 fully saturated rings. The molecule has 2 aliphatic rings. The molecule has 2 aliphatic heterocycles. The second kappa shape index (κ2) is 6.52. The number of pyridine rings is 1. The summed E-state index contributed by atoms with van der Waals surface area (Å²) >= 11 is 6.26. The van der Waals surface area contributed by atoms with Gasteiger partial charge in [-0.15, -0.1) is 0 Å². The van der Waals surface area contributed by atoms with E-state index >= 15 is 0 Å². The van der Waals surface area contributed by atoms with Crippen LogP contribution in [0.1, 0.15) is 12.8 Å². The summed E-state index contributed by atoms with van der Waals surface area (Å²) in [5.41, 5.74) is 0.598. The molecule has 130 valence electrons. The summed E-state index contributed by atoms with van der Waals surface area (Å²) in [5.74, 6) is 0.457. The van der Waals surface area contributed by atoms with Crippen LogP contribution in [0.4, 0.5) is 20.7 Å². The molecule has 5 nitrogen and oxygen atoms in total. The predicted octanol–water partition coefficient (Wildman–Crippen LogP) is 3.76. The van der Waals surface area contributed by atoms with Crippen LogP contribution in [0.25, 0.3) is 0 Å². The average Bonchev–Trinajstić information content (AvgIpc) is 2.88. The molecule has 2 unspecified atom stereocenters. The Labute approximate surface area is 150 Å². The highest BCUT2D eigenvalue weighted by Crippen LogP contribution is 2.34. The minimum atomic E-state index is -0.320. The van der Waals surface area contributed by atoms with Gasteiger partial charge in [0.1, 0.15) is 11.6 Å². The van der Waals surface area contributed by atoms with Crippen LogP contribution in [0.5, 0.6) is 0 Å². The smallest absolute Gasteiger partial charge is 0.322 e. The summed E-state index contributed by atoms with van der Waals surface area (Å²) in [5, 5.41) is 3.50. The molecule has 2 atom stereocenters. The molecule has 0 aliphatic carbocycles. The molecule has 4 rings (SSSR count). The predicted molar refractivity (Wildman–Crippen MR) is 95.5 cm³/mol. The quantitative estimate of drug-likeness (QED) is 0.887.